The van der Waals surface area contributed by atoms with E-state index in [-0.39, 0.29) is 18.0 Å². The number of alkyl halides is 2. The minimum atomic E-state index is -2.86. The van der Waals surface area contributed by atoms with E-state index < -0.39 is 11.5 Å². The highest BCUT2D eigenvalue weighted by Crippen LogP contribution is 2.24. The van der Waals surface area contributed by atoms with E-state index in [0.29, 0.717) is 11.3 Å². The molecule has 0 saturated carbocycles. The van der Waals surface area contributed by atoms with Crippen molar-refractivity contribution in [3.63, 3.8) is 0 Å². The van der Waals surface area contributed by atoms with Crippen LogP contribution in [0.25, 0.3) is 0 Å². The molecule has 0 radical (unpaired) electrons. The number of ether oxygens (including phenoxy) is 2. The predicted molar refractivity (Wildman–Crippen MR) is 75.2 cm³/mol. The van der Waals surface area contributed by atoms with E-state index in [0.717, 1.165) is 5.56 Å². The van der Waals surface area contributed by atoms with Gasteiger partial charge < -0.3 is 9.47 Å². The van der Waals surface area contributed by atoms with Crippen LogP contribution < -0.4 is 9.47 Å². The van der Waals surface area contributed by atoms with E-state index in [4.69, 9.17) is 4.74 Å². The minimum Gasteiger partial charge on any atom is -0.489 e. The number of nitrogens with zero attached hydrogens (tertiary/aromatic N) is 1. The summed E-state index contributed by atoms with van der Waals surface area (Å²) in [5, 5.41) is 10.7. The molecule has 0 heterocycles. The molecule has 5 nitrogen and oxygen atoms in total. The maximum absolute atomic E-state index is 12.0. The molecule has 0 N–H and O–H groups in total. The van der Waals surface area contributed by atoms with E-state index in [1.807, 2.05) is 0 Å². The third-order valence-electron chi connectivity index (χ3n) is 2.92. The molecule has 0 fully saturated rings. The van der Waals surface area contributed by atoms with Gasteiger partial charge in [0.1, 0.15) is 18.1 Å². The van der Waals surface area contributed by atoms with Gasteiger partial charge in [-0.3, -0.25) is 10.1 Å². The molecule has 116 valence electrons. The Morgan fingerprint density at radius 3 is 2.32 bits per heavy atom. The molecule has 7 heteroatoms. The summed E-state index contributed by atoms with van der Waals surface area (Å²) >= 11 is 0. The summed E-state index contributed by atoms with van der Waals surface area (Å²) < 4.78 is 33.8. The lowest BCUT2D eigenvalue weighted by molar-refractivity contribution is -0.385. The second-order valence-electron chi connectivity index (χ2n) is 4.52. The summed E-state index contributed by atoms with van der Waals surface area (Å²) in [4.78, 5) is 10.3. The van der Waals surface area contributed by atoms with Gasteiger partial charge in [0.05, 0.1) is 4.92 Å². The number of halogens is 2. The SMILES string of the molecule is Cc1cc(OCc2ccc(OC(F)F)cc2)ccc1[N+](=O)[O-]. The molecule has 0 aliphatic heterocycles. The minimum absolute atomic E-state index is 0.0286. The zero-order chi connectivity index (χ0) is 16.1. The highest BCUT2D eigenvalue weighted by Gasteiger charge is 2.10. The maximum atomic E-state index is 12.0. The Balaban J connectivity index is 1.98. The first kappa shape index (κ1) is 15.7. The second kappa shape index (κ2) is 6.84. The van der Waals surface area contributed by atoms with Crippen molar-refractivity contribution in [1.82, 2.24) is 0 Å². The Hall–Kier alpha value is -2.70. The summed E-state index contributed by atoms with van der Waals surface area (Å²) in [5.74, 6) is 0.570. The molecule has 0 spiro atoms. The second-order valence-corrected chi connectivity index (χ2v) is 4.52. The fourth-order valence-corrected chi connectivity index (χ4v) is 1.86. The van der Waals surface area contributed by atoms with Gasteiger partial charge in [-0.15, -0.1) is 0 Å². The molecule has 22 heavy (non-hydrogen) atoms. The molecule has 2 aromatic rings. The van der Waals surface area contributed by atoms with Gasteiger partial charge in [0.25, 0.3) is 5.69 Å². The van der Waals surface area contributed by atoms with E-state index in [2.05, 4.69) is 4.74 Å². The first-order valence-corrected chi connectivity index (χ1v) is 6.37. The van der Waals surface area contributed by atoms with Crippen molar-refractivity contribution in [2.24, 2.45) is 0 Å². The molecule has 0 atom stereocenters. The largest absolute Gasteiger partial charge is 0.489 e. The van der Waals surface area contributed by atoms with Crippen molar-refractivity contribution in [3.8, 4) is 11.5 Å². The third kappa shape index (κ3) is 4.15. The fraction of sp³-hybridized carbons (Fsp3) is 0.200. The van der Waals surface area contributed by atoms with Gasteiger partial charge in [-0.05, 0) is 36.8 Å². The highest BCUT2D eigenvalue weighted by molar-refractivity contribution is 5.44. The number of aryl methyl sites for hydroxylation is 1. The van der Waals surface area contributed by atoms with E-state index >= 15 is 0 Å². The third-order valence-corrected chi connectivity index (χ3v) is 2.92. The van der Waals surface area contributed by atoms with Gasteiger partial charge in [-0.25, -0.2) is 0 Å². The molecule has 0 amide bonds. The Bertz CT molecular complexity index is 659. The lowest BCUT2D eigenvalue weighted by atomic mass is 10.2. The lowest BCUT2D eigenvalue weighted by Gasteiger charge is -2.08. The summed E-state index contributed by atoms with van der Waals surface area (Å²) in [6.07, 6.45) is 0. The smallest absolute Gasteiger partial charge is 0.387 e. The molecule has 0 aromatic heterocycles. The number of nitro benzene ring substituents is 1. The van der Waals surface area contributed by atoms with Crippen molar-refractivity contribution in [1.29, 1.82) is 0 Å². The highest BCUT2D eigenvalue weighted by atomic mass is 19.3. The molecule has 0 unspecified atom stereocenters. The lowest BCUT2D eigenvalue weighted by Crippen LogP contribution is -2.02. The molecule has 0 aliphatic rings. The van der Waals surface area contributed by atoms with Crippen molar-refractivity contribution in [2.45, 2.75) is 20.1 Å². The standard InChI is InChI=1S/C15H13F2NO4/c1-10-8-13(6-7-14(10)18(19)20)21-9-11-2-4-12(5-3-11)22-15(16)17/h2-8,15H,9H2,1H3. The van der Waals surface area contributed by atoms with Crippen LogP contribution in [0.5, 0.6) is 11.5 Å². The van der Waals surface area contributed by atoms with Gasteiger partial charge in [0, 0.05) is 11.6 Å². The number of benzene rings is 2. The Labute approximate surface area is 125 Å². The first-order chi connectivity index (χ1) is 10.5. The zero-order valence-corrected chi connectivity index (χ0v) is 11.7. The van der Waals surface area contributed by atoms with E-state index in [9.17, 15) is 18.9 Å². The Kier molecular flexibility index (Phi) is 4.88. The summed E-state index contributed by atoms with van der Waals surface area (Å²) in [6, 6.07) is 10.5. The molecule has 0 bridgehead atoms. The molecule has 2 rings (SSSR count). The van der Waals surface area contributed by atoms with Gasteiger partial charge in [0.15, 0.2) is 0 Å². The average molecular weight is 309 g/mol. The van der Waals surface area contributed by atoms with Gasteiger partial charge in [-0.1, -0.05) is 12.1 Å². The van der Waals surface area contributed by atoms with Crippen LogP contribution in [0.2, 0.25) is 0 Å². The average Bonchev–Trinajstić information content (AvgIpc) is 2.45. The molecular weight excluding hydrogens is 296 g/mol. The van der Waals surface area contributed by atoms with Gasteiger partial charge in [0.2, 0.25) is 0 Å². The summed E-state index contributed by atoms with van der Waals surface area (Å²) in [6.45, 7) is -1.02. The van der Waals surface area contributed by atoms with Crippen LogP contribution in [0.4, 0.5) is 14.5 Å². The van der Waals surface area contributed by atoms with Crippen molar-refractivity contribution >= 4 is 5.69 Å². The van der Waals surface area contributed by atoms with Crippen molar-refractivity contribution < 1.29 is 23.2 Å². The van der Waals surface area contributed by atoms with Crippen LogP contribution in [-0.4, -0.2) is 11.5 Å². The van der Waals surface area contributed by atoms with Gasteiger partial charge >= 0.3 is 6.61 Å². The van der Waals surface area contributed by atoms with Crippen molar-refractivity contribution in [2.75, 3.05) is 0 Å². The summed E-state index contributed by atoms with van der Waals surface area (Å²) in [7, 11) is 0. The normalized spacial score (nSPS) is 10.5. The summed E-state index contributed by atoms with van der Waals surface area (Å²) in [5.41, 5.74) is 1.29. The van der Waals surface area contributed by atoms with Crippen LogP contribution in [0, 0.1) is 17.0 Å². The monoisotopic (exact) mass is 309 g/mol. The van der Waals surface area contributed by atoms with Crippen LogP contribution in [0.15, 0.2) is 42.5 Å². The van der Waals surface area contributed by atoms with Crippen LogP contribution in [0.3, 0.4) is 0 Å². The molecule has 0 aliphatic carbocycles. The van der Waals surface area contributed by atoms with Crippen LogP contribution in [-0.2, 0) is 6.61 Å². The maximum Gasteiger partial charge on any atom is 0.387 e. The van der Waals surface area contributed by atoms with Crippen LogP contribution >= 0.6 is 0 Å². The Morgan fingerprint density at radius 2 is 1.77 bits per heavy atom. The molecular formula is C15H13F2NO4. The van der Waals surface area contributed by atoms with Crippen LogP contribution in [0.1, 0.15) is 11.1 Å². The number of hydrogen-bond acceptors (Lipinski definition) is 4. The number of hydrogen-bond donors (Lipinski definition) is 0. The van der Waals surface area contributed by atoms with E-state index in [1.165, 1.54) is 24.3 Å². The topological polar surface area (TPSA) is 61.6 Å². The first-order valence-electron chi connectivity index (χ1n) is 6.37. The molecule has 0 saturated heterocycles. The fourth-order valence-electron chi connectivity index (χ4n) is 1.86. The Morgan fingerprint density at radius 1 is 1.14 bits per heavy atom. The van der Waals surface area contributed by atoms with Gasteiger partial charge in [-0.2, -0.15) is 8.78 Å². The molecule has 2 aromatic carbocycles. The van der Waals surface area contributed by atoms with Crippen molar-refractivity contribution in [3.05, 3.63) is 63.7 Å². The zero-order valence-electron chi connectivity index (χ0n) is 11.7. The number of rotatable bonds is 6. The number of nitro groups is 1. The predicted octanol–water partition coefficient (Wildman–Crippen LogP) is 4.08. The quantitative estimate of drug-likeness (QED) is 0.596. The van der Waals surface area contributed by atoms with E-state index in [1.54, 1.807) is 25.1 Å².